The molecule has 8 nitrogen and oxygen atoms in total. The molecule has 0 fully saturated rings. The van der Waals surface area contributed by atoms with Crippen molar-refractivity contribution in [3.05, 3.63) is 83.3 Å². The Hall–Kier alpha value is -3.94. The van der Waals surface area contributed by atoms with Crippen LogP contribution in [0.25, 0.3) is 0 Å². The molecule has 2 aromatic carbocycles. The molecule has 1 aliphatic heterocycles. The fourth-order valence-electron chi connectivity index (χ4n) is 3.23. The van der Waals surface area contributed by atoms with Gasteiger partial charge in [0, 0.05) is 5.70 Å². The molecule has 0 bridgehead atoms. The lowest BCUT2D eigenvalue weighted by molar-refractivity contribution is -0.136. The average Bonchev–Trinajstić information content (AvgIpc) is 3.21. The first-order valence-electron chi connectivity index (χ1n) is 8.91. The van der Waals surface area contributed by atoms with Gasteiger partial charge in [0.2, 0.25) is 5.95 Å². The Balaban J connectivity index is 1.64. The summed E-state index contributed by atoms with van der Waals surface area (Å²) in [4.78, 5) is 28.8. The van der Waals surface area contributed by atoms with E-state index < -0.39 is 18.0 Å². The minimum absolute atomic E-state index is 0.399. The molecule has 0 unspecified atom stereocenters. The predicted molar refractivity (Wildman–Crippen MR) is 104 cm³/mol. The standard InChI is InChI=1S/C21H18N4O4/c1-13-17(20(27)28-2)18(25-21(24-13)22-12-23-25)14-8-10-16(11-9-14)29-19(26)15-6-4-3-5-7-15/h3-12,18H,1-2H3,(H,22,23,24)/t18-/m0/s1. The Morgan fingerprint density at radius 2 is 1.76 bits per heavy atom. The number of rotatable bonds is 4. The van der Waals surface area contributed by atoms with E-state index in [0.29, 0.717) is 28.5 Å². The Morgan fingerprint density at radius 1 is 1.03 bits per heavy atom. The van der Waals surface area contributed by atoms with Crippen molar-refractivity contribution in [3.63, 3.8) is 0 Å². The highest BCUT2D eigenvalue weighted by Crippen LogP contribution is 2.35. The van der Waals surface area contributed by atoms with Crippen LogP contribution >= 0.6 is 0 Å². The number of anilines is 1. The SMILES string of the molecule is COC(=O)C1=C(C)Nc2ncnn2[C@H]1c1ccc(OC(=O)c2ccccc2)cc1. The molecule has 8 heteroatoms. The number of carbonyl (C=O) groups is 2. The Labute approximate surface area is 166 Å². The zero-order chi connectivity index (χ0) is 20.4. The van der Waals surface area contributed by atoms with Crippen LogP contribution in [0.4, 0.5) is 5.95 Å². The van der Waals surface area contributed by atoms with Crippen LogP contribution in [0.3, 0.4) is 0 Å². The Kier molecular flexibility index (Phi) is 4.82. The number of hydrogen-bond acceptors (Lipinski definition) is 7. The van der Waals surface area contributed by atoms with E-state index in [0.717, 1.165) is 5.56 Å². The second kappa shape index (κ2) is 7.59. The fraction of sp³-hybridized carbons (Fsp3) is 0.143. The number of nitrogens with zero attached hydrogens (tertiary/aromatic N) is 3. The van der Waals surface area contributed by atoms with Crippen molar-refractivity contribution in [1.29, 1.82) is 0 Å². The summed E-state index contributed by atoms with van der Waals surface area (Å²) < 4.78 is 12.0. The Bertz CT molecular complexity index is 1090. The first kappa shape index (κ1) is 18.4. The minimum Gasteiger partial charge on any atom is -0.466 e. The van der Waals surface area contributed by atoms with Crippen LogP contribution in [-0.2, 0) is 9.53 Å². The topological polar surface area (TPSA) is 95.3 Å². The first-order valence-corrected chi connectivity index (χ1v) is 8.91. The van der Waals surface area contributed by atoms with Crippen molar-refractivity contribution >= 4 is 17.9 Å². The average molecular weight is 390 g/mol. The van der Waals surface area contributed by atoms with E-state index in [1.54, 1.807) is 60.1 Å². The molecule has 1 aromatic heterocycles. The molecule has 29 heavy (non-hydrogen) atoms. The summed E-state index contributed by atoms with van der Waals surface area (Å²) in [5, 5.41) is 7.30. The van der Waals surface area contributed by atoms with Gasteiger partial charge in [-0.1, -0.05) is 30.3 Å². The summed E-state index contributed by atoms with van der Waals surface area (Å²) in [5.74, 6) is 0.0286. The predicted octanol–water partition coefficient (Wildman–Crippen LogP) is 2.96. The zero-order valence-electron chi connectivity index (χ0n) is 15.8. The highest BCUT2D eigenvalue weighted by Gasteiger charge is 2.34. The van der Waals surface area contributed by atoms with Crippen LogP contribution in [-0.4, -0.2) is 33.8 Å². The van der Waals surface area contributed by atoms with E-state index in [-0.39, 0.29) is 0 Å². The molecule has 0 aliphatic carbocycles. The van der Waals surface area contributed by atoms with Gasteiger partial charge in [-0.15, -0.1) is 0 Å². The van der Waals surface area contributed by atoms with E-state index in [9.17, 15) is 9.59 Å². The maximum absolute atomic E-state index is 12.4. The molecule has 1 aliphatic rings. The maximum Gasteiger partial charge on any atom is 0.343 e. The van der Waals surface area contributed by atoms with Gasteiger partial charge in [-0.25, -0.2) is 14.3 Å². The number of allylic oxidation sites excluding steroid dienone is 1. The quantitative estimate of drug-likeness (QED) is 0.540. The van der Waals surface area contributed by atoms with E-state index in [2.05, 4.69) is 15.4 Å². The van der Waals surface area contributed by atoms with E-state index >= 15 is 0 Å². The van der Waals surface area contributed by atoms with Gasteiger partial charge in [0.1, 0.15) is 18.1 Å². The number of benzene rings is 2. The minimum atomic E-state index is -0.514. The van der Waals surface area contributed by atoms with Crippen molar-refractivity contribution in [2.75, 3.05) is 12.4 Å². The van der Waals surface area contributed by atoms with Gasteiger partial charge in [0.05, 0.1) is 18.2 Å². The number of nitrogens with one attached hydrogen (secondary N) is 1. The van der Waals surface area contributed by atoms with Gasteiger partial charge < -0.3 is 14.8 Å². The number of fused-ring (bicyclic) bond motifs is 1. The molecule has 0 saturated heterocycles. The summed E-state index contributed by atoms with van der Waals surface area (Å²) in [6.45, 7) is 1.79. The zero-order valence-corrected chi connectivity index (χ0v) is 15.8. The van der Waals surface area contributed by atoms with Gasteiger partial charge in [0.15, 0.2) is 0 Å². The van der Waals surface area contributed by atoms with Gasteiger partial charge >= 0.3 is 11.9 Å². The molecule has 3 aromatic rings. The molecule has 0 radical (unpaired) electrons. The third-order valence-corrected chi connectivity index (χ3v) is 4.62. The lowest BCUT2D eigenvalue weighted by Gasteiger charge is -2.27. The summed E-state index contributed by atoms with van der Waals surface area (Å²) in [6, 6.07) is 15.2. The molecule has 146 valence electrons. The summed E-state index contributed by atoms with van der Waals surface area (Å²) in [5.41, 5.74) is 2.31. The molecular weight excluding hydrogens is 372 g/mol. The van der Waals surface area contributed by atoms with Gasteiger partial charge in [-0.05, 0) is 36.8 Å². The molecule has 4 rings (SSSR count). The number of ether oxygens (including phenoxy) is 2. The summed E-state index contributed by atoms with van der Waals surface area (Å²) in [6.07, 6.45) is 1.42. The van der Waals surface area contributed by atoms with Gasteiger partial charge in [0.25, 0.3) is 0 Å². The van der Waals surface area contributed by atoms with Crippen LogP contribution in [0.15, 0.2) is 72.2 Å². The smallest absolute Gasteiger partial charge is 0.343 e. The maximum atomic E-state index is 12.4. The molecular formula is C21H18N4O4. The van der Waals surface area contributed by atoms with Crippen molar-refractivity contribution in [3.8, 4) is 5.75 Å². The molecule has 0 spiro atoms. The van der Waals surface area contributed by atoms with Gasteiger partial charge in [-0.2, -0.15) is 10.1 Å². The molecule has 1 atom stereocenters. The van der Waals surface area contributed by atoms with Crippen molar-refractivity contribution in [2.45, 2.75) is 13.0 Å². The van der Waals surface area contributed by atoms with Crippen LogP contribution in [0.1, 0.15) is 28.9 Å². The number of carbonyl (C=O) groups excluding carboxylic acids is 2. The third kappa shape index (κ3) is 3.47. The monoisotopic (exact) mass is 390 g/mol. The Morgan fingerprint density at radius 3 is 2.45 bits per heavy atom. The second-order valence-corrected chi connectivity index (χ2v) is 6.41. The van der Waals surface area contributed by atoms with E-state index in [4.69, 9.17) is 9.47 Å². The third-order valence-electron chi connectivity index (χ3n) is 4.62. The van der Waals surface area contributed by atoms with Crippen LogP contribution in [0.2, 0.25) is 0 Å². The van der Waals surface area contributed by atoms with Crippen LogP contribution in [0.5, 0.6) is 5.75 Å². The van der Waals surface area contributed by atoms with E-state index in [1.165, 1.54) is 13.4 Å². The normalized spacial score (nSPS) is 15.3. The largest absolute Gasteiger partial charge is 0.466 e. The lowest BCUT2D eigenvalue weighted by Crippen LogP contribution is -2.29. The highest BCUT2D eigenvalue weighted by atomic mass is 16.5. The number of methoxy groups -OCH3 is 1. The van der Waals surface area contributed by atoms with Gasteiger partial charge in [-0.3, -0.25) is 0 Å². The molecule has 2 heterocycles. The van der Waals surface area contributed by atoms with Crippen LogP contribution < -0.4 is 10.1 Å². The number of esters is 2. The molecule has 1 N–H and O–H groups in total. The second-order valence-electron chi connectivity index (χ2n) is 6.41. The van der Waals surface area contributed by atoms with Crippen molar-refractivity contribution < 1.29 is 19.1 Å². The summed E-state index contributed by atoms with van der Waals surface area (Å²) in [7, 11) is 1.34. The number of aromatic nitrogens is 3. The van der Waals surface area contributed by atoms with Crippen LogP contribution in [0, 0.1) is 0 Å². The first-order chi connectivity index (χ1) is 14.1. The summed E-state index contributed by atoms with van der Waals surface area (Å²) >= 11 is 0. The molecule has 0 saturated carbocycles. The van der Waals surface area contributed by atoms with Crippen molar-refractivity contribution in [1.82, 2.24) is 14.8 Å². The highest BCUT2D eigenvalue weighted by molar-refractivity contribution is 5.92. The van der Waals surface area contributed by atoms with E-state index in [1.807, 2.05) is 6.07 Å². The lowest BCUT2D eigenvalue weighted by atomic mass is 9.96. The van der Waals surface area contributed by atoms with Crippen molar-refractivity contribution in [2.24, 2.45) is 0 Å². The number of hydrogen-bond donors (Lipinski definition) is 1. The fourth-order valence-corrected chi connectivity index (χ4v) is 3.23. The molecule has 0 amide bonds.